The third kappa shape index (κ3) is 6.11. The van der Waals surface area contributed by atoms with E-state index in [1.54, 1.807) is 27.6 Å². The molecule has 37 heavy (non-hydrogen) atoms. The van der Waals surface area contributed by atoms with Crippen LogP contribution < -0.4 is 10.9 Å². The van der Waals surface area contributed by atoms with Crippen molar-refractivity contribution < 1.29 is 29.2 Å². The molecule has 2 aromatic carbocycles. The molecule has 196 valence electrons. The number of rotatable bonds is 10. The first-order chi connectivity index (χ1) is 17.9. The van der Waals surface area contributed by atoms with E-state index in [1.165, 1.54) is 12.1 Å². The van der Waals surface area contributed by atoms with Gasteiger partial charge in [0.05, 0.1) is 32.1 Å². The Kier molecular flexibility index (Phi) is 8.44. The molecule has 0 bridgehead atoms. The molecule has 0 spiro atoms. The van der Waals surface area contributed by atoms with Crippen LogP contribution in [0.1, 0.15) is 23.6 Å². The van der Waals surface area contributed by atoms with Gasteiger partial charge in [-0.1, -0.05) is 18.2 Å². The predicted molar refractivity (Wildman–Crippen MR) is 137 cm³/mol. The van der Waals surface area contributed by atoms with Crippen LogP contribution in [0.4, 0.5) is 5.69 Å². The van der Waals surface area contributed by atoms with Crippen molar-refractivity contribution in [1.29, 1.82) is 0 Å². The second-order valence-corrected chi connectivity index (χ2v) is 8.60. The van der Waals surface area contributed by atoms with Crippen molar-refractivity contribution in [2.24, 2.45) is 7.05 Å². The zero-order valence-corrected chi connectivity index (χ0v) is 20.8. The zero-order chi connectivity index (χ0) is 26.4. The van der Waals surface area contributed by atoms with Gasteiger partial charge in [0, 0.05) is 36.3 Å². The molecule has 10 nitrogen and oxygen atoms in total. The number of nitrogens with one attached hydrogen (secondary N) is 1. The first-order valence-corrected chi connectivity index (χ1v) is 12.0. The fourth-order valence-electron chi connectivity index (χ4n) is 4.28. The van der Waals surface area contributed by atoms with E-state index in [2.05, 4.69) is 5.32 Å². The number of anilines is 1. The van der Waals surface area contributed by atoms with Crippen molar-refractivity contribution in [3.63, 3.8) is 0 Å². The highest BCUT2D eigenvalue weighted by molar-refractivity contribution is 6.02. The maximum Gasteiger partial charge on any atom is 0.290 e. The average molecular weight is 510 g/mol. The fraction of sp³-hybridized carbons (Fsp3) is 0.333. The molecule has 0 fully saturated rings. The molecule has 0 saturated heterocycles. The molecule has 0 unspecified atom stereocenters. The lowest BCUT2D eigenvalue weighted by molar-refractivity contribution is -0.148. The Morgan fingerprint density at radius 2 is 1.84 bits per heavy atom. The number of phenolic OH excluding ortho intramolecular Hbond substituents is 1. The van der Waals surface area contributed by atoms with E-state index in [0.29, 0.717) is 17.7 Å². The zero-order valence-electron chi connectivity index (χ0n) is 20.8. The van der Waals surface area contributed by atoms with Crippen LogP contribution >= 0.6 is 0 Å². The van der Waals surface area contributed by atoms with Crippen molar-refractivity contribution in [1.82, 2.24) is 9.36 Å². The van der Waals surface area contributed by atoms with Crippen molar-refractivity contribution in [3.05, 3.63) is 88.0 Å². The number of aliphatic hydroxyl groups excluding tert-OH is 1. The molecule has 10 heteroatoms. The molecule has 1 aliphatic rings. The monoisotopic (exact) mass is 509 g/mol. The number of phenols is 1. The number of benzene rings is 2. The number of para-hydroxylation sites is 1. The van der Waals surface area contributed by atoms with Crippen molar-refractivity contribution >= 4 is 11.6 Å². The van der Waals surface area contributed by atoms with Crippen molar-refractivity contribution in [2.45, 2.75) is 25.6 Å². The Bertz CT molecular complexity index is 1300. The summed E-state index contributed by atoms with van der Waals surface area (Å²) in [5.74, 6) is -0.837. The van der Waals surface area contributed by atoms with Crippen molar-refractivity contribution in [2.75, 3.05) is 31.7 Å². The Morgan fingerprint density at radius 3 is 2.54 bits per heavy atom. The minimum atomic E-state index is -0.794. The molecule has 2 atom stereocenters. The summed E-state index contributed by atoms with van der Waals surface area (Å²) in [5.41, 5.74) is 2.35. The van der Waals surface area contributed by atoms with Crippen molar-refractivity contribution in [3.8, 4) is 11.4 Å². The van der Waals surface area contributed by atoms with Crippen LogP contribution in [0.25, 0.3) is 5.69 Å². The molecule has 2 heterocycles. The molecule has 3 N–H and O–H groups in total. The van der Waals surface area contributed by atoms with Gasteiger partial charge in [0.1, 0.15) is 5.75 Å². The Balaban J connectivity index is 1.64. The second-order valence-electron chi connectivity index (χ2n) is 8.60. The molecule has 1 aliphatic heterocycles. The number of aliphatic hydroxyl groups is 1. The number of ether oxygens (including phenoxy) is 3. The summed E-state index contributed by atoms with van der Waals surface area (Å²) < 4.78 is 20.3. The van der Waals surface area contributed by atoms with Gasteiger partial charge in [-0.25, -0.2) is 4.68 Å². The summed E-state index contributed by atoms with van der Waals surface area (Å²) in [5, 5.41) is 21.1. The number of aromatic nitrogens is 2. The molecule has 0 saturated carbocycles. The molecule has 1 aromatic heterocycles. The van der Waals surface area contributed by atoms with E-state index in [4.69, 9.17) is 19.3 Å². The van der Waals surface area contributed by atoms with E-state index in [1.807, 2.05) is 44.3 Å². The minimum absolute atomic E-state index is 0.0273. The summed E-state index contributed by atoms with van der Waals surface area (Å²) in [6.07, 6.45) is 1.18. The van der Waals surface area contributed by atoms with E-state index in [0.717, 1.165) is 11.4 Å². The topological polar surface area (TPSA) is 124 Å². The van der Waals surface area contributed by atoms with Crippen LogP contribution in [0.2, 0.25) is 0 Å². The molecular formula is C27H31N3O7. The first-order valence-electron chi connectivity index (χ1n) is 12.0. The van der Waals surface area contributed by atoms with Gasteiger partial charge in [-0.3, -0.25) is 14.3 Å². The number of hydrogen-bond donors (Lipinski definition) is 3. The van der Waals surface area contributed by atoms with Crippen LogP contribution in [-0.2, 0) is 26.1 Å². The summed E-state index contributed by atoms with van der Waals surface area (Å²) in [6, 6.07) is 15.4. The smallest absolute Gasteiger partial charge is 0.290 e. The van der Waals surface area contributed by atoms with Gasteiger partial charge >= 0.3 is 0 Å². The van der Waals surface area contributed by atoms with E-state index < -0.39 is 18.1 Å². The highest BCUT2D eigenvalue weighted by atomic mass is 16.7. The first kappa shape index (κ1) is 26.2. The number of nitrogens with zero attached hydrogens (tertiary/aromatic N) is 2. The fourth-order valence-corrected chi connectivity index (χ4v) is 4.28. The van der Waals surface area contributed by atoms with Crippen LogP contribution in [0.15, 0.2) is 71.2 Å². The normalized spacial score (nSPS) is 17.2. The van der Waals surface area contributed by atoms with Gasteiger partial charge in [-0.2, -0.15) is 0 Å². The van der Waals surface area contributed by atoms with Gasteiger partial charge < -0.3 is 29.7 Å². The standard InChI is InChI=1S/C27H31N3O7/c1-18-25(27(34)30(29(18)2)21-6-4-3-5-7-21)19-16-23(26(33)28-20-8-10-22(32)11-9-20)37-24(17-19)36-15-14-35-13-12-31/h3-11,16,19,24,31-32H,12-15,17H2,1-2H3,(H,28,33)/t19-,24+/m0/s1. The van der Waals surface area contributed by atoms with E-state index in [9.17, 15) is 14.7 Å². The van der Waals surface area contributed by atoms with E-state index in [-0.39, 0.29) is 43.5 Å². The Labute approximate surface area is 214 Å². The second kappa shape index (κ2) is 11.9. The molecule has 4 rings (SSSR count). The van der Waals surface area contributed by atoms with Crippen LogP contribution in [0.3, 0.4) is 0 Å². The summed E-state index contributed by atoms with van der Waals surface area (Å²) in [7, 11) is 1.82. The lowest BCUT2D eigenvalue weighted by atomic mass is 9.93. The lowest BCUT2D eigenvalue weighted by Crippen LogP contribution is -2.32. The number of allylic oxidation sites excluding steroid dienone is 1. The maximum absolute atomic E-state index is 13.6. The van der Waals surface area contributed by atoms with Gasteiger partial charge in [0.2, 0.25) is 6.29 Å². The van der Waals surface area contributed by atoms with Gasteiger partial charge in [-0.15, -0.1) is 0 Å². The molecule has 0 radical (unpaired) electrons. The number of aromatic hydroxyl groups is 1. The van der Waals surface area contributed by atoms with Crippen LogP contribution in [0, 0.1) is 6.92 Å². The van der Waals surface area contributed by atoms with Gasteiger partial charge in [0.15, 0.2) is 5.76 Å². The van der Waals surface area contributed by atoms with Gasteiger partial charge in [-0.05, 0) is 49.4 Å². The number of carbonyl (C=O) groups excluding carboxylic acids is 1. The minimum Gasteiger partial charge on any atom is -0.508 e. The number of hydrogen-bond acceptors (Lipinski definition) is 7. The quantitative estimate of drug-likeness (QED) is 0.283. The summed E-state index contributed by atoms with van der Waals surface area (Å²) in [6.45, 7) is 2.41. The molecule has 0 aliphatic carbocycles. The average Bonchev–Trinajstić information content (AvgIpc) is 3.13. The number of carbonyl (C=O) groups is 1. The third-order valence-corrected chi connectivity index (χ3v) is 6.14. The number of amides is 1. The van der Waals surface area contributed by atoms with Crippen LogP contribution in [0.5, 0.6) is 5.75 Å². The highest BCUT2D eigenvalue weighted by Gasteiger charge is 2.33. The maximum atomic E-state index is 13.6. The molecule has 3 aromatic rings. The largest absolute Gasteiger partial charge is 0.508 e. The molecule has 1 amide bonds. The SMILES string of the molecule is Cc1c([C@H]2C=C(C(=O)Nc3ccc(O)cc3)O[C@@H](OCCOCCO)C2)c(=O)n(-c2ccccc2)n1C. The molecular weight excluding hydrogens is 478 g/mol. The highest BCUT2D eigenvalue weighted by Crippen LogP contribution is 2.32. The lowest BCUT2D eigenvalue weighted by Gasteiger charge is -2.29. The predicted octanol–water partition coefficient (Wildman–Crippen LogP) is 2.57. The summed E-state index contributed by atoms with van der Waals surface area (Å²) >= 11 is 0. The van der Waals surface area contributed by atoms with E-state index >= 15 is 0 Å². The Morgan fingerprint density at radius 1 is 1.11 bits per heavy atom. The third-order valence-electron chi connectivity index (χ3n) is 6.14. The van der Waals surface area contributed by atoms with Crippen LogP contribution in [-0.4, -0.2) is 58.2 Å². The summed E-state index contributed by atoms with van der Waals surface area (Å²) in [4.78, 5) is 26.7. The van der Waals surface area contributed by atoms with Gasteiger partial charge in [0.25, 0.3) is 11.5 Å². The Hall–Kier alpha value is -3.86.